The molecule has 4 rings (SSSR count). The van der Waals surface area contributed by atoms with E-state index in [-0.39, 0.29) is 10.6 Å². The van der Waals surface area contributed by atoms with Gasteiger partial charge in [-0.25, -0.2) is 0 Å². The molecule has 2 aliphatic heterocycles. The minimum Gasteiger partial charge on any atom is -0.378 e. The van der Waals surface area contributed by atoms with E-state index >= 15 is 0 Å². The van der Waals surface area contributed by atoms with Crippen LogP contribution in [-0.2, 0) is 14.3 Å². The Morgan fingerprint density at radius 3 is 2.60 bits per heavy atom. The molecule has 0 radical (unpaired) electrons. The Morgan fingerprint density at radius 2 is 1.91 bits per heavy atom. The first-order valence-electron chi connectivity index (χ1n) is 11.0. The molecule has 3 amide bonds. The summed E-state index contributed by atoms with van der Waals surface area (Å²) < 4.78 is 5.38. The van der Waals surface area contributed by atoms with Gasteiger partial charge in [0.2, 0.25) is 5.91 Å². The molecule has 182 valence electrons. The van der Waals surface area contributed by atoms with Gasteiger partial charge in [-0.05, 0) is 49.4 Å². The molecule has 35 heavy (non-hydrogen) atoms. The Hall–Kier alpha value is -3.70. The second kappa shape index (κ2) is 10.3. The number of nitro benzene ring substituents is 1. The minimum atomic E-state index is -0.616. The van der Waals surface area contributed by atoms with E-state index in [9.17, 15) is 24.5 Å². The molecule has 0 aromatic heterocycles. The molecule has 0 saturated carbocycles. The topological polar surface area (TPSA) is 122 Å². The summed E-state index contributed by atoms with van der Waals surface area (Å²) in [5.74, 6) is -1.11. The van der Waals surface area contributed by atoms with Crippen LogP contribution >= 0.6 is 11.8 Å². The Kier molecular flexibility index (Phi) is 7.17. The van der Waals surface area contributed by atoms with Gasteiger partial charge in [-0.15, -0.1) is 0 Å². The van der Waals surface area contributed by atoms with Gasteiger partial charge in [0.05, 0.1) is 23.0 Å². The molecular weight excluding hydrogens is 472 g/mol. The number of carbonyl (C=O) groups is 3. The maximum Gasteiger partial charge on any atom is 0.294 e. The number of aryl methyl sites for hydroxylation is 2. The Labute approximate surface area is 206 Å². The van der Waals surface area contributed by atoms with Crippen molar-refractivity contribution < 1.29 is 24.0 Å². The van der Waals surface area contributed by atoms with Crippen LogP contribution in [0.4, 0.5) is 21.9 Å². The normalized spacial score (nSPS) is 17.3. The monoisotopic (exact) mass is 496 g/mol. The number of carbonyl (C=O) groups excluding carboxylic acids is 3. The number of rotatable bonds is 6. The number of benzene rings is 2. The van der Waals surface area contributed by atoms with Crippen LogP contribution in [0.5, 0.6) is 0 Å². The lowest BCUT2D eigenvalue weighted by Gasteiger charge is -2.30. The molecule has 2 saturated heterocycles. The summed E-state index contributed by atoms with van der Waals surface area (Å²) in [4.78, 5) is 51.9. The van der Waals surface area contributed by atoms with Gasteiger partial charge in [0, 0.05) is 42.2 Å². The zero-order valence-electron chi connectivity index (χ0n) is 19.3. The van der Waals surface area contributed by atoms with Gasteiger partial charge < -0.3 is 15.0 Å². The van der Waals surface area contributed by atoms with Gasteiger partial charge in [-0.2, -0.15) is 0 Å². The van der Waals surface area contributed by atoms with Gasteiger partial charge in [-0.1, -0.05) is 17.7 Å². The zero-order chi connectivity index (χ0) is 25.1. The predicted octanol–water partition coefficient (Wildman–Crippen LogP) is 3.72. The van der Waals surface area contributed by atoms with Crippen molar-refractivity contribution in [3.8, 4) is 0 Å². The van der Waals surface area contributed by atoms with Crippen LogP contribution in [0, 0.1) is 24.0 Å². The number of hydrogen-bond donors (Lipinski definition) is 1. The molecule has 0 aliphatic carbocycles. The first-order chi connectivity index (χ1) is 16.7. The van der Waals surface area contributed by atoms with Crippen molar-refractivity contribution in [2.75, 3.05) is 43.1 Å². The number of thioether (sulfide) groups is 1. The number of nitrogens with zero attached hydrogens (tertiary/aromatic N) is 3. The summed E-state index contributed by atoms with van der Waals surface area (Å²) in [6, 6.07) is 9.97. The van der Waals surface area contributed by atoms with Crippen molar-refractivity contribution >= 4 is 52.0 Å². The Balaban J connectivity index is 1.55. The lowest BCUT2D eigenvalue weighted by atomic mass is 10.1. The maximum absolute atomic E-state index is 13.0. The lowest BCUT2D eigenvalue weighted by molar-refractivity contribution is -0.384. The summed E-state index contributed by atoms with van der Waals surface area (Å²) in [6.07, 6.45) is 1.48. The molecule has 0 unspecified atom stereocenters. The smallest absolute Gasteiger partial charge is 0.294 e. The molecular formula is C24H24N4O6S. The van der Waals surface area contributed by atoms with Crippen molar-refractivity contribution in [3.05, 3.63) is 68.1 Å². The summed E-state index contributed by atoms with van der Waals surface area (Å²) in [5.41, 5.74) is 3.56. The van der Waals surface area contributed by atoms with Crippen LogP contribution in [0.3, 0.4) is 0 Å². The van der Waals surface area contributed by atoms with E-state index in [4.69, 9.17) is 4.74 Å². The molecule has 0 atom stereocenters. The minimum absolute atomic E-state index is 0.101. The van der Waals surface area contributed by atoms with Crippen molar-refractivity contribution in [1.29, 1.82) is 0 Å². The molecule has 2 aliphatic rings. The van der Waals surface area contributed by atoms with E-state index in [1.807, 2.05) is 30.9 Å². The first kappa shape index (κ1) is 24.4. The molecule has 2 aromatic rings. The van der Waals surface area contributed by atoms with E-state index in [1.165, 1.54) is 18.2 Å². The van der Waals surface area contributed by atoms with Gasteiger partial charge in [-0.3, -0.25) is 29.4 Å². The quantitative estimate of drug-likeness (QED) is 0.365. The largest absolute Gasteiger partial charge is 0.378 e. The Morgan fingerprint density at radius 1 is 1.17 bits per heavy atom. The molecule has 0 spiro atoms. The highest BCUT2D eigenvalue weighted by atomic mass is 32.2. The second-order valence-electron chi connectivity index (χ2n) is 8.23. The van der Waals surface area contributed by atoms with E-state index in [0.717, 1.165) is 16.0 Å². The van der Waals surface area contributed by atoms with Crippen LogP contribution in [0.15, 0.2) is 41.3 Å². The van der Waals surface area contributed by atoms with E-state index in [1.54, 1.807) is 12.1 Å². The predicted molar refractivity (Wildman–Crippen MR) is 133 cm³/mol. The fourth-order valence-electron chi connectivity index (χ4n) is 3.93. The first-order valence-corrected chi connectivity index (χ1v) is 11.8. The number of anilines is 2. The fraction of sp³-hybridized carbons (Fsp3) is 0.292. The van der Waals surface area contributed by atoms with Gasteiger partial charge in [0.15, 0.2) is 0 Å². The highest BCUT2D eigenvalue weighted by Crippen LogP contribution is 2.35. The molecule has 0 bridgehead atoms. The maximum atomic E-state index is 13.0. The number of morpholine rings is 1. The molecule has 10 nitrogen and oxygen atoms in total. The highest BCUT2D eigenvalue weighted by molar-refractivity contribution is 8.18. The lowest BCUT2D eigenvalue weighted by Crippen LogP contribution is -2.36. The number of ether oxygens (including phenoxy) is 1. The second-order valence-corrected chi connectivity index (χ2v) is 9.23. The summed E-state index contributed by atoms with van der Waals surface area (Å²) in [5, 5.41) is 13.5. The molecule has 2 aromatic carbocycles. The molecule has 2 heterocycles. The molecule has 1 N–H and O–H groups in total. The average Bonchev–Trinajstić information content (AvgIpc) is 3.08. The van der Waals surface area contributed by atoms with Crippen LogP contribution in [0.2, 0.25) is 0 Å². The molecule has 11 heteroatoms. The third-order valence-corrected chi connectivity index (χ3v) is 6.60. The third kappa shape index (κ3) is 5.52. The number of imide groups is 1. The van der Waals surface area contributed by atoms with Crippen LogP contribution in [0.25, 0.3) is 6.08 Å². The van der Waals surface area contributed by atoms with Gasteiger partial charge in [0.1, 0.15) is 6.54 Å². The third-order valence-electron chi connectivity index (χ3n) is 5.69. The van der Waals surface area contributed by atoms with Crippen molar-refractivity contribution in [1.82, 2.24) is 4.90 Å². The number of hydrogen-bond acceptors (Lipinski definition) is 8. The summed E-state index contributed by atoms with van der Waals surface area (Å²) >= 11 is 0.705. The zero-order valence-corrected chi connectivity index (χ0v) is 20.1. The highest BCUT2D eigenvalue weighted by Gasteiger charge is 2.36. The van der Waals surface area contributed by atoms with Gasteiger partial charge >= 0.3 is 0 Å². The van der Waals surface area contributed by atoms with Crippen LogP contribution in [-0.4, -0.2) is 59.7 Å². The van der Waals surface area contributed by atoms with E-state index in [0.29, 0.717) is 55.0 Å². The van der Waals surface area contributed by atoms with Crippen molar-refractivity contribution in [3.63, 3.8) is 0 Å². The van der Waals surface area contributed by atoms with E-state index in [2.05, 4.69) is 5.32 Å². The van der Waals surface area contributed by atoms with Crippen molar-refractivity contribution in [2.45, 2.75) is 13.8 Å². The van der Waals surface area contributed by atoms with Crippen LogP contribution in [0.1, 0.15) is 16.7 Å². The number of nitrogens with one attached hydrogen (secondary N) is 1. The summed E-state index contributed by atoms with van der Waals surface area (Å²) in [6.45, 7) is 5.59. The number of amides is 3. The van der Waals surface area contributed by atoms with E-state index < -0.39 is 28.5 Å². The average molecular weight is 497 g/mol. The van der Waals surface area contributed by atoms with Crippen molar-refractivity contribution in [2.24, 2.45) is 0 Å². The number of nitro groups is 1. The number of non-ortho nitro benzene ring substituents is 1. The standard InChI is InChI=1S/C24H24N4O6S/c1-15-3-5-19(16(2)11-15)25-22(29)14-27-23(30)21(35-24(27)31)13-17-12-18(28(32)33)4-6-20(17)26-7-9-34-10-8-26/h3-6,11-13H,7-10,14H2,1-2H3,(H,25,29)/b21-13-. The fourth-order valence-corrected chi connectivity index (χ4v) is 4.76. The molecule has 2 fully saturated rings. The Bertz CT molecular complexity index is 1240. The van der Waals surface area contributed by atoms with Gasteiger partial charge in [0.25, 0.3) is 16.8 Å². The van der Waals surface area contributed by atoms with Crippen LogP contribution < -0.4 is 10.2 Å². The summed E-state index contributed by atoms with van der Waals surface area (Å²) in [7, 11) is 0. The SMILES string of the molecule is Cc1ccc(NC(=O)CN2C(=O)S/C(=C\c3cc([N+](=O)[O-])ccc3N3CCOCC3)C2=O)c(C)c1.